The lowest BCUT2D eigenvalue weighted by molar-refractivity contribution is -0.136. The van der Waals surface area contributed by atoms with Crippen molar-refractivity contribution < 1.29 is 9.59 Å². The van der Waals surface area contributed by atoms with Crippen molar-refractivity contribution in [3.8, 4) is 0 Å². The number of hydrogen-bond acceptors (Lipinski definition) is 2. The van der Waals surface area contributed by atoms with Crippen LogP contribution >= 0.6 is 11.6 Å². The molecular formula is C13H17ClN2O2. The molecule has 4 nitrogen and oxygen atoms in total. The lowest BCUT2D eigenvalue weighted by Gasteiger charge is -2.08. The van der Waals surface area contributed by atoms with Crippen molar-refractivity contribution in [2.24, 2.45) is 5.92 Å². The van der Waals surface area contributed by atoms with Gasteiger partial charge in [-0.05, 0) is 24.5 Å². The maximum atomic E-state index is 11.6. The third-order valence-electron chi connectivity index (χ3n) is 2.34. The number of halogens is 1. The fourth-order valence-electron chi connectivity index (χ4n) is 1.30. The summed E-state index contributed by atoms with van der Waals surface area (Å²) in [5.41, 5.74) is 0.433. The minimum absolute atomic E-state index is 0.404. The molecule has 0 saturated carbocycles. The van der Waals surface area contributed by atoms with Crippen LogP contribution in [0.5, 0.6) is 0 Å². The number of para-hydroxylation sites is 1. The van der Waals surface area contributed by atoms with E-state index in [-0.39, 0.29) is 0 Å². The van der Waals surface area contributed by atoms with Crippen molar-refractivity contribution in [2.45, 2.75) is 20.3 Å². The molecule has 0 saturated heterocycles. The average Bonchev–Trinajstić information content (AvgIpc) is 2.31. The lowest BCUT2D eigenvalue weighted by atomic mass is 10.1. The first-order valence-electron chi connectivity index (χ1n) is 5.84. The second-order valence-electron chi connectivity index (χ2n) is 4.37. The molecule has 5 heteroatoms. The number of anilines is 1. The molecule has 1 aromatic carbocycles. The first-order valence-corrected chi connectivity index (χ1v) is 6.22. The minimum Gasteiger partial charge on any atom is -0.348 e. The second kappa shape index (κ2) is 7.01. The van der Waals surface area contributed by atoms with E-state index >= 15 is 0 Å². The molecule has 0 heterocycles. The summed E-state index contributed by atoms with van der Waals surface area (Å²) >= 11 is 5.87. The average molecular weight is 269 g/mol. The summed E-state index contributed by atoms with van der Waals surface area (Å²) in [6, 6.07) is 6.77. The lowest BCUT2D eigenvalue weighted by Crippen LogP contribution is -2.36. The molecule has 0 radical (unpaired) electrons. The summed E-state index contributed by atoms with van der Waals surface area (Å²) in [5.74, 6) is -0.862. The normalized spacial score (nSPS) is 10.2. The Morgan fingerprint density at radius 2 is 1.89 bits per heavy atom. The third kappa shape index (κ3) is 4.75. The van der Waals surface area contributed by atoms with E-state index in [2.05, 4.69) is 24.5 Å². The van der Waals surface area contributed by atoms with Crippen LogP contribution in [0.15, 0.2) is 24.3 Å². The van der Waals surface area contributed by atoms with Crippen molar-refractivity contribution in [3.05, 3.63) is 29.3 Å². The Bertz CT molecular complexity index is 433. The van der Waals surface area contributed by atoms with Crippen LogP contribution in [0.4, 0.5) is 5.69 Å². The highest BCUT2D eigenvalue weighted by molar-refractivity contribution is 6.41. The molecule has 0 aliphatic rings. The van der Waals surface area contributed by atoms with Crippen LogP contribution in [-0.2, 0) is 9.59 Å². The SMILES string of the molecule is CC(C)CCNC(=O)C(=O)Nc1ccccc1Cl. The number of carbonyl (C=O) groups excluding carboxylic acids is 2. The van der Waals surface area contributed by atoms with Crippen LogP contribution in [0.1, 0.15) is 20.3 Å². The van der Waals surface area contributed by atoms with Gasteiger partial charge in [-0.1, -0.05) is 37.6 Å². The zero-order chi connectivity index (χ0) is 13.5. The number of hydrogen-bond donors (Lipinski definition) is 2. The quantitative estimate of drug-likeness (QED) is 0.824. The second-order valence-corrected chi connectivity index (χ2v) is 4.78. The Hall–Kier alpha value is -1.55. The summed E-state index contributed by atoms with van der Waals surface area (Å²) in [6.07, 6.45) is 0.838. The fraction of sp³-hybridized carbons (Fsp3) is 0.385. The van der Waals surface area contributed by atoms with E-state index in [1.165, 1.54) is 0 Å². The Morgan fingerprint density at radius 3 is 2.50 bits per heavy atom. The molecule has 0 aliphatic heterocycles. The highest BCUT2D eigenvalue weighted by Gasteiger charge is 2.14. The topological polar surface area (TPSA) is 58.2 Å². The van der Waals surface area contributed by atoms with Crippen molar-refractivity contribution in [2.75, 3.05) is 11.9 Å². The summed E-state index contributed by atoms with van der Waals surface area (Å²) < 4.78 is 0. The van der Waals surface area contributed by atoms with E-state index in [0.717, 1.165) is 6.42 Å². The monoisotopic (exact) mass is 268 g/mol. The van der Waals surface area contributed by atoms with Gasteiger partial charge >= 0.3 is 11.8 Å². The molecule has 2 N–H and O–H groups in total. The number of carbonyl (C=O) groups is 2. The zero-order valence-corrected chi connectivity index (χ0v) is 11.3. The van der Waals surface area contributed by atoms with Gasteiger partial charge in [-0.3, -0.25) is 9.59 Å². The molecule has 0 aromatic heterocycles. The van der Waals surface area contributed by atoms with Crippen molar-refractivity contribution in [1.82, 2.24) is 5.32 Å². The van der Waals surface area contributed by atoms with Gasteiger partial charge < -0.3 is 10.6 Å². The summed E-state index contributed by atoms with van der Waals surface area (Å²) in [6.45, 7) is 4.60. The van der Waals surface area contributed by atoms with E-state index in [1.807, 2.05) is 0 Å². The number of amides is 2. The molecule has 1 aromatic rings. The number of nitrogens with one attached hydrogen (secondary N) is 2. The maximum Gasteiger partial charge on any atom is 0.313 e. The van der Waals surface area contributed by atoms with Gasteiger partial charge in [0.05, 0.1) is 10.7 Å². The van der Waals surface area contributed by atoms with E-state index in [9.17, 15) is 9.59 Å². The fourth-order valence-corrected chi connectivity index (χ4v) is 1.48. The number of rotatable bonds is 4. The molecule has 0 spiro atoms. The molecule has 2 amide bonds. The molecule has 0 atom stereocenters. The van der Waals surface area contributed by atoms with Gasteiger partial charge in [-0.2, -0.15) is 0 Å². The van der Waals surface area contributed by atoms with Gasteiger partial charge in [0.15, 0.2) is 0 Å². The van der Waals surface area contributed by atoms with Gasteiger partial charge in [0, 0.05) is 6.54 Å². The molecule has 0 aliphatic carbocycles. The Kier molecular flexibility index (Phi) is 5.65. The predicted molar refractivity (Wildman–Crippen MR) is 72.5 cm³/mol. The van der Waals surface area contributed by atoms with Crippen LogP contribution in [0, 0.1) is 5.92 Å². The minimum atomic E-state index is -0.702. The molecule has 18 heavy (non-hydrogen) atoms. The van der Waals surface area contributed by atoms with Crippen LogP contribution < -0.4 is 10.6 Å². The van der Waals surface area contributed by atoms with E-state index in [4.69, 9.17) is 11.6 Å². The summed E-state index contributed by atoms with van der Waals surface area (Å²) in [7, 11) is 0. The zero-order valence-electron chi connectivity index (χ0n) is 10.5. The van der Waals surface area contributed by atoms with Crippen LogP contribution in [0.3, 0.4) is 0 Å². The smallest absolute Gasteiger partial charge is 0.313 e. The largest absolute Gasteiger partial charge is 0.348 e. The first kappa shape index (κ1) is 14.5. The van der Waals surface area contributed by atoms with Crippen molar-refractivity contribution in [1.29, 1.82) is 0 Å². The maximum absolute atomic E-state index is 11.6. The molecular weight excluding hydrogens is 252 g/mol. The molecule has 1 rings (SSSR count). The van der Waals surface area contributed by atoms with Gasteiger partial charge in [-0.15, -0.1) is 0 Å². The van der Waals surface area contributed by atoms with E-state index in [0.29, 0.717) is 23.2 Å². The van der Waals surface area contributed by atoms with Gasteiger partial charge in [0.1, 0.15) is 0 Å². The predicted octanol–water partition coefficient (Wildman–Crippen LogP) is 2.44. The standard InChI is InChI=1S/C13H17ClN2O2/c1-9(2)7-8-15-12(17)13(18)16-11-6-4-3-5-10(11)14/h3-6,9H,7-8H2,1-2H3,(H,15,17)(H,16,18). The highest BCUT2D eigenvalue weighted by atomic mass is 35.5. The Balaban J connectivity index is 2.46. The molecule has 98 valence electrons. The van der Waals surface area contributed by atoms with E-state index in [1.54, 1.807) is 24.3 Å². The Morgan fingerprint density at radius 1 is 1.22 bits per heavy atom. The Labute approximate surface area is 112 Å². The van der Waals surface area contributed by atoms with Gasteiger partial charge in [-0.25, -0.2) is 0 Å². The van der Waals surface area contributed by atoms with Crippen LogP contribution in [0.25, 0.3) is 0 Å². The molecule has 0 unspecified atom stereocenters. The van der Waals surface area contributed by atoms with Gasteiger partial charge in [0.25, 0.3) is 0 Å². The van der Waals surface area contributed by atoms with Crippen LogP contribution in [0.2, 0.25) is 5.02 Å². The van der Waals surface area contributed by atoms with Crippen molar-refractivity contribution in [3.63, 3.8) is 0 Å². The molecule has 0 bridgehead atoms. The van der Waals surface area contributed by atoms with Gasteiger partial charge in [0.2, 0.25) is 0 Å². The summed E-state index contributed by atoms with van der Waals surface area (Å²) in [5, 5.41) is 5.43. The highest BCUT2D eigenvalue weighted by Crippen LogP contribution is 2.20. The van der Waals surface area contributed by atoms with Crippen molar-refractivity contribution >= 4 is 29.1 Å². The van der Waals surface area contributed by atoms with Crippen LogP contribution in [-0.4, -0.2) is 18.4 Å². The number of benzene rings is 1. The first-order chi connectivity index (χ1) is 8.50. The summed E-state index contributed by atoms with van der Waals surface area (Å²) in [4.78, 5) is 23.0. The third-order valence-corrected chi connectivity index (χ3v) is 2.67. The van der Waals surface area contributed by atoms with E-state index < -0.39 is 11.8 Å². The molecule has 0 fully saturated rings.